The van der Waals surface area contributed by atoms with Gasteiger partial charge in [-0.3, -0.25) is 9.78 Å². The highest BCUT2D eigenvalue weighted by atomic mass is 35.5. The van der Waals surface area contributed by atoms with Crippen molar-refractivity contribution in [2.24, 2.45) is 0 Å². The van der Waals surface area contributed by atoms with Gasteiger partial charge in [-0.25, -0.2) is 9.18 Å². The standard InChI is InChI=1S/C21H15ClF4N4O4/c1-27-19(31)17-10-12(6-7-28-17)33-18-5-2-11(8-16(18)23)29-20(32)30-34-13-3-4-15(22)14(9-13)21(24,25)26/h2-10H,1H3,(H,27,31)(H2,29,30,32). The van der Waals surface area contributed by atoms with E-state index in [0.717, 1.165) is 18.2 Å². The number of ether oxygens (including phenoxy) is 1. The summed E-state index contributed by atoms with van der Waals surface area (Å²) in [7, 11) is 1.43. The van der Waals surface area contributed by atoms with E-state index in [-0.39, 0.29) is 28.6 Å². The highest BCUT2D eigenvalue weighted by molar-refractivity contribution is 6.31. The highest BCUT2D eigenvalue weighted by Gasteiger charge is 2.33. The van der Waals surface area contributed by atoms with Gasteiger partial charge >= 0.3 is 12.2 Å². The second-order valence-electron chi connectivity index (χ2n) is 6.50. The summed E-state index contributed by atoms with van der Waals surface area (Å²) in [6.45, 7) is 0. The van der Waals surface area contributed by atoms with Crippen LogP contribution in [0.25, 0.3) is 0 Å². The van der Waals surface area contributed by atoms with Gasteiger partial charge < -0.3 is 20.2 Å². The number of pyridine rings is 1. The zero-order valence-electron chi connectivity index (χ0n) is 17.2. The maximum absolute atomic E-state index is 14.4. The van der Waals surface area contributed by atoms with E-state index >= 15 is 0 Å². The number of benzene rings is 2. The summed E-state index contributed by atoms with van der Waals surface area (Å²) in [5.74, 6) is -1.66. The molecule has 3 rings (SSSR count). The minimum atomic E-state index is -4.71. The number of nitrogens with zero attached hydrogens (tertiary/aromatic N) is 1. The van der Waals surface area contributed by atoms with Crippen LogP contribution in [0, 0.1) is 5.82 Å². The van der Waals surface area contributed by atoms with E-state index in [1.54, 1.807) is 0 Å². The number of carbonyl (C=O) groups is 2. The van der Waals surface area contributed by atoms with Gasteiger partial charge in [0.15, 0.2) is 17.3 Å². The number of hydrogen-bond acceptors (Lipinski definition) is 5. The Kier molecular flexibility index (Phi) is 7.41. The number of rotatable bonds is 6. The number of halogens is 5. The van der Waals surface area contributed by atoms with Gasteiger partial charge in [0.1, 0.15) is 11.4 Å². The lowest BCUT2D eigenvalue weighted by Crippen LogP contribution is -2.31. The lowest BCUT2D eigenvalue weighted by molar-refractivity contribution is -0.137. The molecule has 8 nitrogen and oxygen atoms in total. The molecule has 0 saturated carbocycles. The molecule has 1 aromatic heterocycles. The van der Waals surface area contributed by atoms with Crippen LogP contribution in [0.5, 0.6) is 17.2 Å². The Morgan fingerprint density at radius 1 is 1.03 bits per heavy atom. The van der Waals surface area contributed by atoms with Crippen LogP contribution in [0.2, 0.25) is 5.02 Å². The molecule has 3 amide bonds. The summed E-state index contributed by atoms with van der Waals surface area (Å²) < 4.78 is 58.5. The average Bonchev–Trinajstić information content (AvgIpc) is 2.79. The van der Waals surface area contributed by atoms with Crippen LogP contribution in [0.3, 0.4) is 0 Å². The van der Waals surface area contributed by atoms with Crippen LogP contribution in [0.4, 0.5) is 28.0 Å². The van der Waals surface area contributed by atoms with E-state index in [2.05, 4.69) is 15.6 Å². The van der Waals surface area contributed by atoms with Crippen LogP contribution in [0.15, 0.2) is 54.7 Å². The fourth-order valence-corrected chi connectivity index (χ4v) is 2.79. The maximum atomic E-state index is 14.4. The zero-order chi connectivity index (χ0) is 24.9. The van der Waals surface area contributed by atoms with E-state index in [1.807, 2.05) is 5.48 Å². The van der Waals surface area contributed by atoms with Crippen molar-refractivity contribution in [3.05, 3.63) is 76.8 Å². The Morgan fingerprint density at radius 2 is 1.79 bits per heavy atom. The van der Waals surface area contributed by atoms with Gasteiger partial charge in [0.25, 0.3) is 5.91 Å². The largest absolute Gasteiger partial charge is 0.454 e. The number of carbonyl (C=O) groups excluding carboxylic acids is 2. The zero-order valence-corrected chi connectivity index (χ0v) is 17.9. The Morgan fingerprint density at radius 3 is 2.47 bits per heavy atom. The van der Waals surface area contributed by atoms with Crippen molar-refractivity contribution in [3.63, 3.8) is 0 Å². The fraction of sp³-hybridized carbons (Fsp3) is 0.0952. The summed E-state index contributed by atoms with van der Waals surface area (Å²) in [4.78, 5) is 32.3. The van der Waals surface area contributed by atoms with Gasteiger partial charge in [-0.2, -0.15) is 18.7 Å². The summed E-state index contributed by atoms with van der Waals surface area (Å²) in [5, 5.41) is 4.12. The number of hydrogen-bond donors (Lipinski definition) is 3. The van der Waals surface area contributed by atoms with Gasteiger partial charge in [0.05, 0.1) is 10.6 Å². The molecule has 0 atom stereocenters. The monoisotopic (exact) mass is 498 g/mol. The first kappa shape index (κ1) is 24.6. The topological polar surface area (TPSA) is 102 Å². The number of anilines is 1. The fourth-order valence-electron chi connectivity index (χ4n) is 2.56. The molecule has 1 heterocycles. The van der Waals surface area contributed by atoms with Crippen LogP contribution >= 0.6 is 11.6 Å². The molecule has 34 heavy (non-hydrogen) atoms. The van der Waals surface area contributed by atoms with Crippen LogP contribution in [-0.4, -0.2) is 24.0 Å². The molecule has 0 bridgehead atoms. The van der Waals surface area contributed by atoms with Crippen LogP contribution < -0.4 is 25.7 Å². The number of amides is 3. The molecule has 0 spiro atoms. The van der Waals surface area contributed by atoms with Crippen molar-refractivity contribution in [2.75, 3.05) is 12.4 Å². The highest BCUT2D eigenvalue weighted by Crippen LogP contribution is 2.36. The quantitative estimate of drug-likeness (QED) is 0.322. The van der Waals surface area contributed by atoms with Crippen molar-refractivity contribution < 1.29 is 36.7 Å². The number of nitrogens with one attached hydrogen (secondary N) is 3. The molecule has 3 N–H and O–H groups in total. The lowest BCUT2D eigenvalue weighted by Gasteiger charge is -2.13. The number of hydroxylamine groups is 1. The summed E-state index contributed by atoms with van der Waals surface area (Å²) >= 11 is 5.52. The Hall–Kier alpha value is -4.06. The third kappa shape index (κ3) is 6.25. The number of alkyl halides is 3. The Labute approximate surface area is 194 Å². The van der Waals surface area contributed by atoms with Crippen molar-refractivity contribution in [1.82, 2.24) is 15.8 Å². The first-order valence-electron chi connectivity index (χ1n) is 9.33. The first-order chi connectivity index (χ1) is 16.1. The first-order valence-corrected chi connectivity index (χ1v) is 9.70. The molecule has 13 heteroatoms. The summed E-state index contributed by atoms with van der Waals surface area (Å²) in [6.07, 6.45) is -3.39. The predicted octanol–water partition coefficient (Wildman–Crippen LogP) is 5.16. The average molecular weight is 499 g/mol. The Balaban J connectivity index is 1.61. The molecule has 0 aliphatic rings. The molecular weight excluding hydrogens is 484 g/mol. The molecular formula is C21H15ClF4N4O4. The van der Waals surface area contributed by atoms with E-state index in [4.69, 9.17) is 21.2 Å². The van der Waals surface area contributed by atoms with Gasteiger partial charge in [0, 0.05) is 31.1 Å². The van der Waals surface area contributed by atoms with Crippen LogP contribution in [-0.2, 0) is 6.18 Å². The van der Waals surface area contributed by atoms with Gasteiger partial charge in [-0.1, -0.05) is 11.6 Å². The van der Waals surface area contributed by atoms with Crippen molar-refractivity contribution in [1.29, 1.82) is 0 Å². The van der Waals surface area contributed by atoms with E-state index in [1.165, 1.54) is 37.5 Å². The normalized spacial score (nSPS) is 10.9. The molecule has 0 aliphatic carbocycles. The minimum absolute atomic E-state index is 0.00110. The van der Waals surface area contributed by atoms with E-state index < -0.39 is 34.5 Å². The third-order valence-corrected chi connectivity index (χ3v) is 4.44. The summed E-state index contributed by atoms with van der Waals surface area (Å²) in [5.41, 5.74) is 0.814. The molecule has 0 radical (unpaired) electrons. The Bertz CT molecular complexity index is 1220. The van der Waals surface area contributed by atoms with Gasteiger partial charge in [0.2, 0.25) is 0 Å². The predicted molar refractivity (Wildman–Crippen MR) is 113 cm³/mol. The lowest BCUT2D eigenvalue weighted by atomic mass is 10.2. The minimum Gasteiger partial charge on any atom is -0.454 e. The maximum Gasteiger partial charge on any atom is 0.417 e. The van der Waals surface area contributed by atoms with E-state index in [9.17, 15) is 27.2 Å². The second kappa shape index (κ2) is 10.3. The van der Waals surface area contributed by atoms with Crippen LogP contribution in [0.1, 0.15) is 16.1 Å². The molecule has 0 fully saturated rings. The number of urea groups is 1. The molecule has 0 aliphatic heterocycles. The van der Waals surface area contributed by atoms with Crippen molar-refractivity contribution in [2.45, 2.75) is 6.18 Å². The molecule has 2 aromatic carbocycles. The van der Waals surface area contributed by atoms with Crippen molar-refractivity contribution in [3.8, 4) is 17.2 Å². The molecule has 0 unspecified atom stereocenters. The summed E-state index contributed by atoms with van der Waals surface area (Å²) in [6, 6.07) is 7.93. The van der Waals surface area contributed by atoms with Crippen molar-refractivity contribution >= 4 is 29.2 Å². The molecule has 178 valence electrons. The molecule has 3 aromatic rings. The van der Waals surface area contributed by atoms with E-state index in [0.29, 0.717) is 6.07 Å². The number of aromatic nitrogens is 1. The SMILES string of the molecule is CNC(=O)c1cc(Oc2ccc(NC(=O)NOc3ccc(Cl)c(C(F)(F)F)c3)cc2F)ccn1. The van der Waals surface area contributed by atoms with Gasteiger partial charge in [-0.15, -0.1) is 0 Å². The van der Waals surface area contributed by atoms with Gasteiger partial charge in [-0.05, 0) is 36.4 Å². The smallest absolute Gasteiger partial charge is 0.417 e. The molecule has 0 saturated heterocycles. The third-order valence-electron chi connectivity index (χ3n) is 4.11. The second-order valence-corrected chi connectivity index (χ2v) is 6.91.